The number of nitrogens with zero attached hydrogens (tertiary/aromatic N) is 2. The topological polar surface area (TPSA) is 61.8 Å². The summed E-state index contributed by atoms with van der Waals surface area (Å²) < 4.78 is 27.9. The van der Waals surface area contributed by atoms with Crippen LogP contribution in [0.5, 0.6) is 0 Å². The Hall–Kier alpha value is -2.70. The zero-order valence-corrected chi connectivity index (χ0v) is 19.0. The molecule has 1 saturated heterocycles. The van der Waals surface area contributed by atoms with Crippen LogP contribution in [0.1, 0.15) is 36.8 Å². The summed E-state index contributed by atoms with van der Waals surface area (Å²) in [6, 6.07) is 18.0. The van der Waals surface area contributed by atoms with E-state index >= 15 is 0 Å². The fourth-order valence-electron chi connectivity index (χ4n) is 5.08. The molecule has 3 aromatic rings. The molecule has 0 saturated carbocycles. The molecular weight excluding hydrogens is 418 g/mol. The first-order valence-corrected chi connectivity index (χ1v) is 12.9. The maximum Gasteiger partial charge on any atom is 0.344 e. The van der Waals surface area contributed by atoms with Crippen LogP contribution < -0.4 is 5.32 Å². The predicted molar refractivity (Wildman–Crippen MR) is 132 cm³/mol. The van der Waals surface area contributed by atoms with E-state index in [0.29, 0.717) is 0 Å². The van der Waals surface area contributed by atoms with E-state index < -0.39 is 10.2 Å². The lowest BCUT2D eigenvalue weighted by atomic mass is 9.86. The lowest BCUT2D eigenvalue weighted by Crippen LogP contribution is -2.43. The summed E-state index contributed by atoms with van der Waals surface area (Å²) in [7, 11) is -3.43. The van der Waals surface area contributed by atoms with Gasteiger partial charge in [-0.1, -0.05) is 48.5 Å². The van der Waals surface area contributed by atoms with E-state index in [1.807, 2.05) is 0 Å². The number of aryl methyl sites for hydroxylation is 2. The van der Waals surface area contributed by atoms with Crippen LogP contribution in [0.3, 0.4) is 0 Å². The summed E-state index contributed by atoms with van der Waals surface area (Å²) in [4.78, 5) is 0. The minimum absolute atomic E-state index is 0.0648. The molecule has 3 aromatic carbocycles. The van der Waals surface area contributed by atoms with Gasteiger partial charge in [-0.15, -0.1) is 0 Å². The number of fused-ring (bicyclic) bond motifs is 5. The largest absolute Gasteiger partial charge is 0.344 e. The SMILES string of the molecule is O=S1(=O)N=CC=CN1C1CCNCC1.c1ccc2c(c1)ccc1c3c(ccc12)CCCC3. The van der Waals surface area contributed by atoms with Gasteiger partial charge in [0.1, 0.15) is 0 Å². The van der Waals surface area contributed by atoms with Gasteiger partial charge in [0, 0.05) is 18.5 Å². The molecule has 0 atom stereocenters. The zero-order valence-electron chi connectivity index (χ0n) is 18.2. The third-order valence-electron chi connectivity index (χ3n) is 6.71. The first-order chi connectivity index (χ1) is 15.6. The number of hydrogen-bond acceptors (Lipinski definition) is 3. The van der Waals surface area contributed by atoms with Crippen LogP contribution in [0.25, 0.3) is 21.5 Å². The third kappa shape index (κ3) is 4.17. The van der Waals surface area contributed by atoms with Crippen LogP contribution in [-0.4, -0.2) is 38.1 Å². The first kappa shape index (κ1) is 21.2. The third-order valence-corrected chi connectivity index (χ3v) is 8.05. The molecule has 0 spiro atoms. The molecule has 0 aromatic heterocycles. The van der Waals surface area contributed by atoms with Gasteiger partial charge < -0.3 is 5.32 Å². The number of benzene rings is 3. The van der Waals surface area contributed by atoms with Crippen molar-refractivity contribution < 1.29 is 8.42 Å². The Morgan fingerprint density at radius 3 is 2.50 bits per heavy atom. The molecule has 0 bridgehead atoms. The van der Waals surface area contributed by atoms with E-state index in [2.05, 4.69) is 58.2 Å². The Bertz CT molecular complexity index is 1290. The van der Waals surface area contributed by atoms with Crippen molar-refractivity contribution in [1.82, 2.24) is 9.62 Å². The molecule has 1 fully saturated rings. The molecule has 0 unspecified atom stereocenters. The van der Waals surface area contributed by atoms with Crippen molar-refractivity contribution in [3.05, 3.63) is 71.9 Å². The number of rotatable bonds is 1. The van der Waals surface area contributed by atoms with Gasteiger partial charge >= 0.3 is 10.2 Å². The summed E-state index contributed by atoms with van der Waals surface area (Å²) in [6.45, 7) is 1.74. The number of nitrogens with one attached hydrogen (secondary N) is 1. The molecule has 2 aliphatic heterocycles. The van der Waals surface area contributed by atoms with Crippen molar-refractivity contribution in [3.63, 3.8) is 0 Å². The molecule has 0 amide bonds. The van der Waals surface area contributed by atoms with Gasteiger partial charge in [0.2, 0.25) is 0 Å². The van der Waals surface area contributed by atoms with E-state index in [4.69, 9.17) is 0 Å². The monoisotopic (exact) mass is 447 g/mol. The van der Waals surface area contributed by atoms with Crippen LogP contribution in [-0.2, 0) is 23.1 Å². The summed E-state index contributed by atoms with van der Waals surface area (Å²) in [5.74, 6) is 0. The van der Waals surface area contributed by atoms with E-state index in [9.17, 15) is 8.42 Å². The molecule has 32 heavy (non-hydrogen) atoms. The van der Waals surface area contributed by atoms with Crippen molar-refractivity contribution in [1.29, 1.82) is 0 Å². The molecule has 1 N–H and O–H groups in total. The Morgan fingerprint density at radius 1 is 0.875 bits per heavy atom. The van der Waals surface area contributed by atoms with Crippen LogP contribution in [0.2, 0.25) is 0 Å². The lowest BCUT2D eigenvalue weighted by Gasteiger charge is -2.32. The average molecular weight is 448 g/mol. The molecule has 2 heterocycles. The summed E-state index contributed by atoms with van der Waals surface area (Å²) in [5.41, 5.74) is 3.17. The molecule has 3 aliphatic rings. The van der Waals surface area contributed by atoms with Gasteiger partial charge in [0.25, 0.3) is 0 Å². The summed E-state index contributed by atoms with van der Waals surface area (Å²) >= 11 is 0. The quantitative estimate of drug-likeness (QED) is 0.548. The van der Waals surface area contributed by atoms with Gasteiger partial charge in [0.05, 0.1) is 0 Å². The zero-order chi connectivity index (χ0) is 22.0. The van der Waals surface area contributed by atoms with E-state index in [1.54, 1.807) is 23.4 Å². The van der Waals surface area contributed by atoms with Crippen molar-refractivity contribution in [2.45, 2.75) is 44.6 Å². The fourth-order valence-corrected chi connectivity index (χ4v) is 6.23. The van der Waals surface area contributed by atoms with Gasteiger partial charge in [-0.25, -0.2) is 0 Å². The lowest BCUT2D eigenvalue weighted by molar-refractivity contribution is 0.317. The highest BCUT2D eigenvalue weighted by atomic mass is 32.2. The van der Waals surface area contributed by atoms with Gasteiger partial charge in [-0.2, -0.15) is 12.8 Å². The van der Waals surface area contributed by atoms with Crippen molar-refractivity contribution >= 4 is 38.0 Å². The van der Waals surface area contributed by atoms with Crippen LogP contribution in [0, 0.1) is 0 Å². The normalized spacial score (nSPS) is 20.1. The molecule has 6 rings (SSSR count). The first-order valence-electron chi connectivity index (χ1n) is 11.5. The van der Waals surface area contributed by atoms with E-state index in [0.717, 1.165) is 25.9 Å². The second kappa shape index (κ2) is 9.04. The Morgan fingerprint density at radius 2 is 1.66 bits per heavy atom. The highest BCUT2D eigenvalue weighted by Gasteiger charge is 2.28. The standard InChI is InChI=1S/C18H16.C8H13N3O2S/c1-3-7-15-13(5-1)9-11-18-16-8-4-2-6-14(16)10-12-17(15)18;12-14(13)10-4-1-7-11(14)8-2-5-9-6-3-8/h1,3,5,7,9-12H,2,4,6,8H2;1,4,7-9H,2-3,5-6H2. The molecule has 6 heteroatoms. The van der Waals surface area contributed by atoms with Crippen LogP contribution in [0.4, 0.5) is 0 Å². The Labute approximate surface area is 190 Å². The second-order valence-electron chi connectivity index (χ2n) is 8.68. The smallest absolute Gasteiger partial charge is 0.317 e. The highest BCUT2D eigenvalue weighted by Crippen LogP contribution is 2.33. The van der Waals surface area contributed by atoms with Crippen molar-refractivity contribution in [3.8, 4) is 0 Å². The Kier molecular flexibility index (Phi) is 5.98. The molecule has 5 nitrogen and oxygen atoms in total. The van der Waals surface area contributed by atoms with Gasteiger partial charge in [-0.05, 0) is 90.4 Å². The van der Waals surface area contributed by atoms with Crippen LogP contribution >= 0.6 is 0 Å². The minimum atomic E-state index is -3.43. The molecule has 0 radical (unpaired) electrons. The fraction of sp³-hybridized carbons (Fsp3) is 0.346. The Balaban J connectivity index is 0.000000140. The molecular formula is C26H29N3O2S. The maximum absolute atomic E-state index is 11.5. The van der Waals surface area contributed by atoms with Gasteiger partial charge in [-0.3, -0.25) is 4.31 Å². The predicted octanol–water partition coefficient (Wildman–Crippen LogP) is 4.76. The van der Waals surface area contributed by atoms with E-state index in [1.165, 1.54) is 57.7 Å². The second-order valence-corrected chi connectivity index (χ2v) is 10.2. The molecule has 1 aliphatic carbocycles. The number of allylic oxidation sites excluding steroid dienone is 1. The van der Waals surface area contributed by atoms with Crippen LogP contribution in [0.15, 0.2) is 65.2 Å². The van der Waals surface area contributed by atoms with E-state index in [-0.39, 0.29) is 6.04 Å². The summed E-state index contributed by atoms with van der Waals surface area (Å²) in [6.07, 6.45) is 11.5. The number of piperidine rings is 1. The number of hydrogen-bond donors (Lipinski definition) is 1. The minimum Gasteiger partial charge on any atom is -0.317 e. The molecule has 166 valence electrons. The maximum atomic E-state index is 11.5. The van der Waals surface area contributed by atoms with Crippen molar-refractivity contribution in [2.75, 3.05) is 13.1 Å². The average Bonchev–Trinajstić information content (AvgIpc) is 2.84. The van der Waals surface area contributed by atoms with Gasteiger partial charge in [0.15, 0.2) is 0 Å². The summed E-state index contributed by atoms with van der Waals surface area (Å²) in [5, 5.41) is 8.84. The highest BCUT2D eigenvalue weighted by molar-refractivity contribution is 7.88. The van der Waals surface area contributed by atoms with Crippen molar-refractivity contribution in [2.24, 2.45) is 4.40 Å².